The van der Waals surface area contributed by atoms with Crippen molar-refractivity contribution in [1.82, 2.24) is 10.2 Å². The van der Waals surface area contributed by atoms with Gasteiger partial charge < -0.3 is 20.2 Å². The molecule has 0 aromatic heterocycles. The Hall–Kier alpha value is -2.12. The van der Waals surface area contributed by atoms with Crippen LogP contribution in [-0.2, 0) is 19.2 Å². The van der Waals surface area contributed by atoms with Crippen LogP contribution >= 0.6 is 0 Å². The van der Waals surface area contributed by atoms with Crippen molar-refractivity contribution in [1.29, 1.82) is 0 Å². The van der Waals surface area contributed by atoms with E-state index in [2.05, 4.69) is 10.5 Å². The SMILES string of the molecule is CNC(=O)CN(C)C(=O)C1CC(C(=O)O)=NO1. The van der Waals surface area contributed by atoms with Crippen molar-refractivity contribution in [2.75, 3.05) is 20.6 Å². The summed E-state index contributed by atoms with van der Waals surface area (Å²) >= 11 is 0. The summed E-state index contributed by atoms with van der Waals surface area (Å²) < 4.78 is 0. The minimum Gasteiger partial charge on any atom is -0.477 e. The Morgan fingerprint density at radius 3 is 2.71 bits per heavy atom. The van der Waals surface area contributed by atoms with Crippen molar-refractivity contribution in [2.45, 2.75) is 12.5 Å². The molecule has 0 saturated carbocycles. The molecule has 17 heavy (non-hydrogen) atoms. The molecule has 94 valence electrons. The molecule has 1 unspecified atom stereocenters. The summed E-state index contributed by atoms with van der Waals surface area (Å²) in [6.07, 6.45) is -1.05. The Labute approximate surface area is 97.2 Å². The molecule has 0 spiro atoms. The molecule has 2 amide bonds. The molecule has 0 radical (unpaired) electrons. The van der Waals surface area contributed by atoms with Crippen LogP contribution in [0.4, 0.5) is 0 Å². The fourth-order valence-electron chi connectivity index (χ4n) is 1.25. The van der Waals surface area contributed by atoms with E-state index < -0.39 is 18.0 Å². The van der Waals surface area contributed by atoms with E-state index in [0.717, 1.165) is 4.90 Å². The molecule has 0 aliphatic carbocycles. The monoisotopic (exact) mass is 243 g/mol. The van der Waals surface area contributed by atoms with Gasteiger partial charge in [0, 0.05) is 20.5 Å². The summed E-state index contributed by atoms with van der Waals surface area (Å²) in [5.41, 5.74) is -0.198. The molecule has 8 heteroatoms. The Kier molecular flexibility index (Phi) is 4.02. The fourth-order valence-corrected chi connectivity index (χ4v) is 1.25. The van der Waals surface area contributed by atoms with Gasteiger partial charge in [0.25, 0.3) is 5.91 Å². The minimum atomic E-state index is -1.21. The van der Waals surface area contributed by atoms with Gasteiger partial charge in [0.05, 0.1) is 6.54 Å². The number of nitrogens with one attached hydrogen (secondary N) is 1. The van der Waals surface area contributed by atoms with Gasteiger partial charge in [0.1, 0.15) is 0 Å². The summed E-state index contributed by atoms with van der Waals surface area (Å²) in [5.74, 6) is -2.01. The third kappa shape index (κ3) is 3.16. The van der Waals surface area contributed by atoms with Crippen LogP contribution in [0.3, 0.4) is 0 Å². The lowest BCUT2D eigenvalue weighted by Gasteiger charge is -2.18. The summed E-state index contributed by atoms with van der Waals surface area (Å²) in [5, 5.41) is 14.3. The number of carboxylic acids is 1. The Balaban J connectivity index is 2.50. The number of hydrogen-bond acceptors (Lipinski definition) is 5. The number of nitrogens with zero attached hydrogens (tertiary/aromatic N) is 2. The summed E-state index contributed by atoms with van der Waals surface area (Å²) in [6, 6.07) is 0. The van der Waals surface area contributed by atoms with Crippen LogP contribution < -0.4 is 5.32 Å². The van der Waals surface area contributed by atoms with E-state index in [4.69, 9.17) is 9.94 Å². The van der Waals surface area contributed by atoms with E-state index in [1.165, 1.54) is 14.1 Å². The number of carbonyl (C=O) groups excluding carboxylic acids is 2. The van der Waals surface area contributed by atoms with Gasteiger partial charge >= 0.3 is 5.97 Å². The summed E-state index contributed by atoms with van der Waals surface area (Å²) in [4.78, 5) is 39.2. The van der Waals surface area contributed by atoms with Crippen LogP contribution in [0.25, 0.3) is 0 Å². The minimum absolute atomic E-state index is 0.0910. The summed E-state index contributed by atoms with van der Waals surface area (Å²) in [7, 11) is 2.89. The standard InChI is InChI=1S/C9H13N3O5/c1-10-7(13)4-12(2)8(14)6-3-5(9(15)16)11-17-6/h6H,3-4H2,1-2H3,(H,10,13)(H,15,16). The molecule has 0 aromatic carbocycles. The van der Waals surface area contributed by atoms with Crippen molar-refractivity contribution in [3.05, 3.63) is 0 Å². The molecule has 1 rings (SSSR count). The maximum atomic E-state index is 11.7. The van der Waals surface area contributed by atoms with Crippen molar-refractivity contribution in [3.63, 3.8) is 0 Å². The summed E-state index contributed by atoms with van der Waals surface area (Å²) in [6.45, 7) is -0.113. The number of aliphatic carboxylic acids is 1. The third-order valence-corrected chi connectivity index (χ3v) is 2.23. The van der Waals surface area contributed by atoms with Gasteiger partial charge in [-0.05, 0) is 0 Å². The topological polar surface area (TPSA) is 108 Å². The maximum Gasteiger partial charge on any atom is 0.353 e. The highest BCUT2D eigenvalue weighted by atomic mass is 16.6. The zero-order chi connectivity index (χ0) is 13.0. The second-order valence-corrected chi connectivity index (χ2v) is 3.51. The zero-order valence-electron chi connectivity index (χ0n) is 9.47. The van der Waals surface area contributed by atoms with Gasteiger partial charge in [-0.3, -0.25) is 9.59 Å². The van der Waals surface area contributed by atoms with Crippen molar-refractivity contribution in [2.24, 2.45) is 5.16 Å². The number of carbonyl (C=O) groups is 3. The second-order valence-electron chi connectivity index (χ2n) is 3.51. The quantitative estimate of drug-likeness (QED) is 0.619. The average molecular weight is 243 g/mol. The number of oxime groups is 1. The van der Waals surface area contributed by atoms with E-state index >= 15 is 0 Å². The molecule has 2 N–H and O–H groups in total. The van der Waals surface area contributed by atoms with Gasteiger partial charge in [0.15, 0.2) is 5.71 Å². The number of carboxylic acid groups (broad SMARTS) is 1. The smallest absolute Gasteiger partial charge is 0.353 e. The Morgan fingerprint density at radius 1 is 1.59 bits per heavy atom. The number of hydrogen-bond donors (Lipinski definition) is 2. The first kappa shape index (κ1) is 12.9. The van der Waals surface area contributed by atoms with Crippen molar-refractivity contribution < 1.29 is 24.3 Å². The van der Waals surface area contributed by atoms with Gasteiger partial charge in [-0.15, -0.1) is 0 Å². The highest BCUT2D eigenvalue weighted by Gasteiger charge is 2.33. The predicted molar refractivity (Wildman–Crippen MR) is 56.3 cm³/mol. The number of amides is 2. The molecule has 0 fully saturated rings. The lowest BCUT2D eigenvalue weighted by atomic mass is 10.1. The van der Waals surface area contributed by atoms with E-state index in [0.29, 0.717) is 0 Å². The van der Waals surface area contributed by atoms with E-state index in [1.807, 2.05) is 0 Å². The first-order valence-corrected chi connectivity index (χ1v) is 4.87. The van der Waals surface area contributed by atoms with Gasteiger partial charge in [-0.1, -0.05) is 5.16 Å². The molecule has 1 aliphatic heterocycles. The lowest BCUT2D eigenvalue weighted by Crippen LogP contribution is -2.42. The van der Waals surface area contributed by atoms with Crippen LogP contribution in [0, 0.1) is 0 Å². The molecule has 0 saturated heterocycles. The third-order valence-electron chi connectivity index (χ3n) is 2.23. The van der Waals surface area contributed by atoms with Crippen LogP contribution in [-0.4, -0.2) is 60.2 Å². The molecule has 1 heterocycles. The lowest BCUT2D eigenvalue weighted by molar-refractivity contribution is -0.143. The first-order valence-electron chi connectivity index (χ1n) is 4.87. The Morgan fingerprint density at radius 2 is 2.24 bits per heavy atom. The number of likely N-dealkylation sites (N-methyl/N-ethyl adjacent to an activating group) is 2. The molecule has 0 bridgehead atoms. The van der Waals surface area contributed by atoms with Crippen LogP contribution in [0.2, 0.25) is 0 Å². The molecule has 8 nitrogen and oxygen atoms in total. The fraction of sp³-hybridized carbons (Fsp3) is 0.556. The van der Waals surface area contributed by atoms with E-state index in [1.54, 1.807) is 0 Å². The molecule has 1 aliphatic rings. The van der Waals surface area contributed by atoms with Gasteiger partial charge in [-0.2, -0.15) is 0 Å². The molecule has 0 aromatic rings. The molecule has 1 atom stereocenters. The van der Waals surface area contributed by atoms with E-state index in [9.17, 15) is 14.4 Å². The molecular weight excluding hydrogens is 230 g/mol. The van der Waals surface area contributed by atoms with Gasteiger partial charge in [-0.25, -0.2) is 4.79 Å². The van der Waals surface area contributed by atoms with Crippen LogP contribution in [0.5, 0.6) is 0 Å². The normalized spacial score (nSPS) is 18.0. The molecular formula is C9H13N3O5. The zero-order valence-corrected chi connectivity index (χ0v) is 9.47. The largest absolute Gasteiger partial charge is 0.477 e. The highest BCUT2D eigenvalue weighted by Crippen LogP contribution is 2.12. The van der Waals surface area contributed by atoms with Crippen LogP contribution in [0.1, 0.15) is 6.42 Å². The highest BCUT2D eigenvalue weighted by molar-refractivity contribution is 6.36. The Bertz CT molecular complexity index is 379. The van der Waals surface area contributed by atoms with Gasteiger partial charge in [0.2, 0.25) is 12.0 Å². The van der Waals surface area contributed by atoms with E-state index in [-0.39, 0.29) is 24.6 Å². The maximum absolute atomic E-state index is 11.7. The van der Waals surface area contributed by atoms with Crippen molar-refractivity contribution in [3.8, 4) is 0 Å². The average Bonchev–Trinajstić information content (AvgIpc) is 2.77. The number of rotatable bonds is 4. The second kappa shape index (κ2) is 5.28. The predicted octanol–water partition coefficient (Wildman–Crippen LogP) is -1.58. The van der Waals surface area contributed by atoms with Crippen LogP contribution in [0.15, 0.2) is 5.16 Å². The van der Waals surface area contributed by atoms with Crippen molar-refractivity contribution >= 4 is 23.5 Å². The first-order chi connectivity index (χ1) is 7.95.